The molecular weight excluding hydrogens is 408 g/mol. The summed E-state index contributed by atoms with van der Waals surface area (Å²) in [5.41, 5.74) is 1.13. The number of hydrogen-bond acceptors (Lipinski definition) is 7. The molecule has 1 aromatic rings. The average Bonchev–Trinajstić information content (AvgIpc) is 3.43. The van der Waals surface area contributed by atoms with Gasteiger partial charge in [0.25, 0.3) is 5.91 Å². The van der Waals surface area contributed by atoms with Crippen molar-refractivity contribution in [1.29, 1.82) is 0 Å². The Bertz CT molecular complexity index is 708. The zero-order chi connectivity index (χ0) is 21.2. The van der Waals surface area contributed by atoms with Crippen LogP contribution in [-0.2, 0) is 23.8 Å². The van der Waals surface area contributed by atoms with Gasteiger partial charge in [-0.2, -0.15) is 11.3 Å². The van der Waals surface area contributed by atoms with Crippen molar-refractivity contribution in [2.75, 3.05) is 46.1 Å². The summed E-state index contributed by atoms with van der Waals surface area (Å²) in [5.74, 6) is 0.223. The Labute approximate surface area is 180 Å². The minimum absolute atomic E-state index is 0.0286. The molecule has 0 saturated carbocycles. The molecule has 30 heavy (non-hydrogen) atoms. The number of amides is 2. The second kappa shape index (κ2) is 12.0. The Morgan fingerprint density at radius 2 is 2.27 bits per heavy atom. The van der Waals surface area contributed by atoms with Gasteiger partial charge in [-0.05, 0) is 41.3 Å². The molecule has 0 radical (unpaired) electrons. The molecule has 2 atom stereocenters. The third-order valence-corrected chi connectivity index (χ3v) is 5.78. The first-order valence-electron chi connectivity index (χ1n) is 10.4. The molecule has 2 unspecified atom stereocenters. The van der Waals surface area contributed by atoms with Crippen LogP contribution in [0.5, 0.6) is 0 Å². The molecule has 0 spiro atoms. The molecule has 0 aromatic carbocycles. The van der Waals surface area contributed by atoms with Gasteiger partial charge in [-0.3, -0.25) is 9.59 Å². The molecule has 2 aliphatic heterocycles. The van der Waals surface area contributed by atoms with Gasteiger partial charge in [-0.15, -0.1) is 0 Å². The van der Waals surface area contributed by atoms with Crippen molar-refractivity contribution in [3.8, 4) is 0 Å². The first-order valence-corrected chi connectivity index (χ1v) is 11.4. The van der Waals surface area contributed by atoms with Gasteiger partial charge in [-0.25, -0.2) is 0 Å². The van der Waals surface area contributed by atoms with E-state index in [0.29, 0.717) is 45.6 Å². The van der Waals surface area contributed by atoms with E-state index in [9.17, 15) is 9.59 Å². The van der Waals surface area contributed by atoms with Crippen LogP contribution >= 0.6 is 11.3 Å². The van der Waals surface area contributed by atoms with Crippen LogP contribution in [0.4, 0.5) is 0 Å². The normalized spacial score (nSPS) is 21.4. The van der Waals surface area contributed by atoms with E-state index >= 15 is 0 Å². The van der Waals surface area contributed by atoms with E-state index in [-0.39, 0.29) is 36.7 Å². The molecule has 3 heterocycles. The fourth-order valence-electron chi connectivity index (χ4n) is 3.54. The zero-order valence-corrected chi connectivity index (χ0v) is 17.9. The Kier molecular flexibility index (Phi) is 9.13. The lowest BCUT2D eigenvalue weighted by Crippen LogP contribution is -2.35. The number of carbonyl (C=O) groups excluding carboxylic acids is 2. The van der Waals surface area contributed by atoms with Crippen LogP contribution in [0.3, 0.4) is 0 Å². The largest absolute Gasteiger partial charge is 0.459 e. The summed E-state index contributed by atoms with van der Waals surface area (Å²) in [6, 6.07) is 2.04. The molecule has 8 nitrogen and oxygen atoms in total. The van der Waals surface area contributed by atoms with E-state index in [1.54, 1.807) is 11.3 Å². The van der Waals surface area contributed by atoms with Gasteiger partial charge in [0.2, 0.25) is 12.2 Å². The molecule has 1 fully saturated rings. The molecule has 9 heteroatoms. The predicted octanol–water partition coefficient (Wildman–Crippen LogP) is 1.62. The number of carbonyl (C=O) groups is 2. The second-order valence-electron chi connectivity index (χ2n) is 7.28. The Hall–Kier alpha value is -1.94. The van der Waals surface area contributed by atoms with Gasteiger partial charge in [0.05, 0.1) is 26.4 Å². The zero-order valence-electron chi connectivity index (χ0n) is 17.1. The van der Waals surface area contributed by atoms with E-state index < -0.39 is 6.29 Å². The summed E-state index contributed by atoms with van der Waals surface area (Å²) in [5, 5.41) is 15.7. The number of allylic oxidation sites excluding steroid dienone is 1. The van der Waals surface area contributed by atoms with Crippen molar-refractivity contribution in [1.82, 2.24) is 10.2 Å². The van der Waals surface area contributed by atoms with Crippen LogP contribution in [-0.4, -0.2) is 74.2 Å². The van der Waals surface area contributed by atoms with Crippen LogP contribution in [0.15, 0.2) is 28.7 Å². The van der Waals surface area contributed by atoms with Crippen LogP contribution in [0.25, 0.3) is 0 Å². The van der Waals surface area contributed by atoms with Crippen molar-refractivity contribution < 1.29 is 28.9 Å². The van der Waals surface area contributed by atoms with Crippen LogP contribution in [0, 0.1) is 0 Å². The van der Waals surface area contributed by atoms with Crippen molar-refractivity contribution in [3.63, 3.8) is 0 Å². The summed E-state index contributed by atoms with van der Waals surface area (Å²) < 4.78 is 16.8. The summed E-state index contributed by atoms with van der Waals surface area (Å²) >= 11 is 1.61. The van der Waals surface area contributed by atoms with Crippen LogP contribution < -0.4 is 5.32 Å². The maximum absolute atomic E-state index is 12.6. The molecule has 0 aliphatic carbocycles. The molecule has 3 rings (SSSR count). The third-order valence-electron chi connectivity index (χ3n) is 5.08. The van der Waals surface area contributed by atoms with Crippen molar-refractivity contribution in [2.24, 2.45) is 0 Å². The Morgan fingerprint density at radius 1 is 1.37 bits per heavy atom. The highest BCUT2D eigenvalue weighted by atomic mass is 32.1. The lowest BCUT2D eigenvalue weighted by molar-refractivity contribution is -0.151. The third kappa shape index (κ3) is 6.80. The van der Waals surface area contributed by atoms with Crippen LogP contribution in [0.1, 0.15) is 37.2 Å². The number of thiophene rings is 1. The van der Waals surface area contributed by atoms with Crippen LogP contribution in [0.2, 0.25) is 0 Å². The number of ether oxygens (including phenoxy) is 3. The van der Waals surface area contributed by atoms with Crippen molar-refractivity contribution in [2.45, 2.75) is 37.9 Å². The summed E-state index contributed by atoms with van der Waals surface area (Å²) in [6.07, 6.45) is 4.18. The predicted molar refractivity (Wildman–Crippen MR) is 112 cm³/mol. The molecule has 2 aliphatic rings. The average molecular weight is 439 g/mol. The first-order chi connectivity index (χ1) is 14.7. The van der Waals surface area contributed by atoms with Gasteiger partial charge in [0, 0.05) is 38.4 Å². The maximum Gasteiger partial charge on any atom is 0.286 e. The van der Waals surface area contributed by atoms with E-state index in [1.165, 1.54) is 0 Å². The number of rotatable bonds is 12. The minimum Gasteiger partial charge on any atom is -0.459 e. The van der Waals surface area contributed by atoms with E-state index in [1.807, 2.05) is 22.4 Å². The molecule has 1 saturated heterocycles. The molecule has 166 valence electrons. The van der Waals surface area contributed by atoms with E-state index in [0.717, 1.165) is 18.5 Å². The standard InChI is InChI=1S/C21H30N2O6S/c24-8-9-27-10-11-28-20-14-17(16-4-12-30-15-16)13-18(29-20)21(26)22-5-2-7-23-6-1-3-19(23)25/h4,12-13,15,17,20,24H,1-3,5-11,14H2,(H,22,26). The molecular formula is C21H30N2O6S. The Balaban J connectivity index is 1.49. The monoisotopic (exact) mass is 438 g/mol. The fraction of sp³-hybridized carbons (Fsp3) is 0.619. The van der Waals surface area contributed by atoms with Crippen molar-refractivity contribution in [3.05, 3.63) is 34.2 Å². The van der Waals surface area contributed by atoms with Gasteiger partial charge < -0.3 is 29.5 Å². The highest BCUT2D eigenvalue weighted by Gasteiger charge is 2.29. The fourth-order valence-corrected chi connectivity index (χ4v) is 4.27. The lowest BCUT2D eigenvalue weighted by atomic mass is 9.95. The summed E-state index contributed by atoms with van der Waals surface area (Å²) in [4.78, 5) is 26.1. The number of likely N-dealkylation sites (tertiary alicyclic amines) is 1. The number of nitrogens with one attached hydrogen (secondary N) is 1. The molecule has 0 bridgehead atoms. The second-order valence-corrected chi connectivity index (χ2v) is 8.06. The minimum atomic E-state index is -0.541. The summed E-state index contributed by atoms with van der Waals surface area (Å²) in [6.45, 7) is 2.86. The van der Waals surface area contributed by atoms with Gasteiger partial charge >= 0.3 is 0 Å². The number of hydrogen-bond donors (Lipinski definition) is 2. The highest BCUT2D eigenvalue weighted by molar-refractivity contribution is 7.08. The SMILES string of the molecule is O=C(NCCCN1CCCC1=O)C1=CC(c2ccsc2)CC(OCCOCCO)O1. The van der Waals surface area contributed by atoms with Gasteiger partial charge in [-0.1, -0.05) is 0 Å². The number of nitrogens with zero attached hydrogens (tertiary/aromatic N) is 1. The maximum atomic E-state index is 12.6. The first kappa shape index (κ1) is 22.7. The van der Waals surface area contributed by atoms with E-state index in [2.05, 4.69) is 10.7 Å². The van der Waals surface area contributed by atoms with Crippen molar-refractivity contribution >= 4 is 23.2 Å². The van der Waals surface area contributed by atoms with Gasteiger partial charge in [0.1, 0.15) is 0 Å². The Morgan fingerprint density at radius 3 is 3.00 bits per heavy atom. The topological polar surface area (TPSA) is 97.3 Å². The quantitative estimate of drug-likeness (QED) is 0.482. The molecule has 1 aromatic heterocycles. The molecule has 2 amide bonds. The highest BCUT2D eigenvalue weighted by Crippen LogP contribution is 2.32. The number of aliphatic hydroxyl groups excluding tert-OH is 1. The smallest absolute Gasteiger partial charge is 0.286 e. The van der Waals surface area contributed by atoms with Gasteiger partial charge in [0.15, 0.2) is 5.76 Å². The molecule has 2 N–H and O–H groups in total. The summed E-state index contributed by atoms with van der Waals surface area (Å²) in [7, 11) is 0. The van der Waals surface area contributed by atoms with E-state index in [4.69, 9.17) is 19.3 Å². The lowest BCUT2D eigenvalue weighted by Gasteiger charge is -2.29. The number of aliphatic hydroxyl groups is 1.